The van der Waals surface area contributed by atoms with Crippen molar-refractivity contribution in [3.63, 3.8) is 0 Å². The second kappa shape index (κ2) is 9.77. The van der Waals surface area contributed by atoms with Crippen LogP contribution in [-0.2, 0) is 20.8 Å². The SMILES string of the molecule is COCCCOCCOCc1cc(F)ccc1C(N)=S. The number of ether oxygens (including phenoxy) is 3. The van der Waals surface area contributed by atoms with Crippen LogP contribution in [0.2, 0.25) is 0 Å². The molecule has 0 aliphatic rings. The lowest BCUT2D eigenvalue weighted by molar-refractivity contribution is 0.0336. The minimum Gasteiger partial charge on any atom is -0.389 e. The van der Waals surface area contributed by atoms with E-state index in [2.05, 4.69) is 0 Å². The maximum Gasteiger partial charge on any atom is 0.123 e. The standard InChI is InChI=1S/C14H20FNO3S/c1-17-5-2-6-18-7-8-19-10-11-9-12(15)3-4-13(11)14(16)20/h3-4,9H,2,5-8,10H2,1H3,(H2,16,20). The molecule has 0 bridgehead atoms. The predicted molar refractivity (Wildman–Crippen MR) is 79.3 cm³/mol. The van der Waals surface area contributed by atoms with E-state index < -0.39 is 0 Å². The zero-order valence-electron chi connectivity index (χ0n) is 11.6. The summed E-state index contributed by atoms with van der Waals surface area (Å²) in [7, 11) is 1.65. The van der Waals surface area contributed by atoms with Crippen molar-refractivity contribution in [2.45, 2.75) is 13.0 Å². The molecule has 0 heterocycles. The largest absolute Gasteiger partial charge is 0.389 e. The van der Waals surface area contributed by atoms with Gasteiger partial charge in [0.1, 0.15) is 10.8 Å². The van der Waals surface area contributed by atoms with Gasteiger partial charge in [-0.2, -0.15) is 0 Å². The van der Waals surface area contributed by atoms with Gasteiger partial charge in [0.25, 0.3) is 0 Å². The van der Waals surface area contributed by atoms with Crippen LogP contribution in [0, 0.1) is 5.82 Å². The van der Waals surface area contributed by atoms with Crippen molar-refractivity contribution in [1.82, 2.24) is 0 Å². The quantitative estimate of drug-likeness (QED) is 0.529. The van der Waals surface area contributed by atoms with Crippen LogP contribution in [-0.4, -0.2) is 38.5 Å². The number of benzene rings is 1. The average Bonchev–Trinajstić information content (AvgIpc) is 2.41. The number of methoxy groups -OCH3 is 1. The lowest BCUT2D eigenvalue weighted by Gasteiger charge is -2.09. The summed E-state index contributed by atoms with van der Waals surface area (Å²) >= 11 is 4.92. The first kappa shape index (κ1) is 17.0. The van der Waals surface area contributed by atoms with Crippen molar-refractivity contribution >= 4 is 17.2 Å². The Kier molecular flexibility index (Phi) is 8.29. The van der Waals surface area contributed by atoms with Crippen molar-refractivity contribution in [3.05, 3.63) is 35.1 Å². The van der Waals surface area contributed by atoms with Crippen molar-refractivity contribution in [2.75, 3.05) is 33.5 Å². The molecule has 0 aromatic heterocycles. The lowest BCUT2D eigenvalue weighted by Crippen LogP contribution is -2.14. The number of hydrogen-bond donors (Lipinski definition) is 1. The third-order valence-corrected chi connectivity index (χ3v) is 2.82. The third kappa shape index (κ3) is 6.38. The molecular formula is C14H20FNO3S. The maximum atomic E-state index is 13.2. The van der Waals surface area contributed by atoms with Gasteiger partial charge in [0, 0.05) is 25.9 Å². The molecule has 0 aliphatic heterocycles. The zero-order valence-corrected chi connectivity index (χ0v) is 12.4. The smallest absolute Gasteiger partial charge is 0.123 e. The molecular weight excluding hydrogens is 281 g/mol. The lowest BCUT2D eigenvalue weighted by atomic mass is 10.1. The highest BCUT2D eigenvalue weighted by Gasteiger charge is 2.06. The molecule has 0 atom stereocenters. The number of halogens is 1. The fourth-order valence-corrected chi connectivity index (χ4v) is 1.83. The fourth-order valence-electron chi connectivity index (χ4n) is 1.63. The van der Waals surface area contributed by atoms with Gasteiger partial charge in [-0.05, 0) is 30.2 Å². The van der Waals surface area contributed by atoms with E-state index in [-0.39, 0.29) is 17.4 Å². The van der Waals surface area contributed by atoms with E-state index >= 15 is 0 Å². The Labute approximate surface area is 124 Å². The molecule has 0 fully saturated rings. The minimum absolute atomic E-state index is 0.236. The molecule has 0 radical (unpaired) electrons. The van der Waals surface area contributed by atoms with Crippen LogP contribution in [0.25, 0.3) is 0 Å². The summed E-state index contributed by atoms with van der Waals surface area (Å²) in [5, 5.41) is 0. The third-order valence-electron chi connectivity index (χ3n) is 2.60. The first-order valence-electron chi connectivity index (χ1n) is 6.37. The molecule has 112 valence electrons. The van der Waals surface area contributed by atoms with Gasteiger partial charge in [0.15, 0.2) is 0 Å². The van der Waals surface area contributed by atoms with Crippen LogP contribution in [0.1, 0.15) is 17.5 Å². The normalized spacial score (nSPS) is 10.7. The van der Waals surface area contributed by atoms with Crippen LogP contribution in [0.4, 0.5) is 4.39 Å². The Bertz CT molecular complexity index is 429. The van der Waals surface area contributed by atoms with Gasteiger partial charge in [0.2, 0.25) is 0 Å². The van der Waals surface area contributed by atoms with Gasteiger partial charge in [-0.25, -0.2) is 4.39 Å². The molecule has 0 saturated heterocycles. The molecule has 1 aromatic carbocycles. The Morgan fingerprint density at radius 3 is 2.65 bits per heavy atom. The van der Waals surface area contributed by atoms with Crippen LogP contribution in [0.5, 0.6) is 0 Å². The first-order chi connectivity index (χ1) is 9.65. The van der Waals surface area contributed by atoms with Gasteiger partial charge >= 0.3 is 0 Å². The molecule has 1 aromatic rings. The molecule has 0 amide bonds. The summed E-state index contributed by atoms with van der Waals surface area (Å²) in [6.45, 7) is 2.49. The van der Waals surface area contributed by atoms with E-state index in [9.17, 15) is 4.39 Å². The first-order valence-corrected chi connectivity index (χ1v) is 6.78. The fraction of sp³-hybridized carbons (Fsp3) is 0.500. The highest BCUT2D eigenvalue weighted by molar-refractivity contribution is 7.80. The van der Waals surface area contributed by atoms with Crippen LogP contribution in [0.3, 0.4) is 0 Å². The monoisotopic (exact) mass is 301 g/mol. The topological polar surface area (TPSA) is 53.7 Å². The van der Waals surface area contributed by atoms with Crippen molar-refractivity contribution < 1.29 is 18.6 Å². The summed E-state index contributed by atoms with van der Waals surface area (Å²) in [6.07, 6.45) is 0.853. The molecule has 2 N–H and O–H groups in total. The highest BCUT2D eigenvalue weighted by atomic mass is 32.1. The molecule has 0 spiro atoms. The Balaban J connectivity index is 2.28. The summed E-state index contributed by atoms with van der Waals surface area (Å²) in [5.41, 5.74) is 6.87. The second-order valence-corrected chi connectivity index (χ2v) is 4.62. The zero-order chi connectivity index (χ0) is 14.8. The van der Waals surface area contributed by atoms with Crippen molar-refractivity contribution in [3.8, 4) is 0 Å². The molecule has 20 heavy (non-hydrogen) atoms. The van der Waals surface area contributed by atoms with Gasteiger partial charge in [0.05, 0.1) is 19.8 Å². The minimum atomic E-state index is -0.334. The number of rotatable bonds is 10. The number of thiocarbonyl (C=S) groups is 1. The van der Waals surface area contributed by atoms with E-state index in [1.165, 1.54) is 12.1 Å². The summed E-state index contributed by atoms with van der Waals surface area (Å²) in [6, 6.07) is 4.28. The van der Waals surface area contributed by atoms with E-state index in [1.807, 2.05) is 0 Å². The van der Waals surface area contributed by atoms with Crippen molar-refractivity contribution in [2.24, 2.45) is 5.73 Å². The van der Waals surface area contributed by atoms with Crippen LogP contribution < -0.4 is 5.73 Å². The Morgan fingerprint density at radius 2 is 1.95 bits per heavy atom. The van der Waals surface area contributed by atoms with Gasteiger partial charge < -0.3 is 19.9 Å². The Hall–Kier alpha value is -1.08. The second-order valence-electron chi connectivity index (χ2n) is 4.18. The molecule has 0 saturated carbocycles. The van der Waals surface area contributed by atoms with Crippen LogP contribution in [0.15, 0.2) is 18.2 Å². The van der Waals surface area contributed by atoms with Gasteiger partial charge in [-0.1, -0.05) is 12.2 Å². The summed E-state index contributed by atoms with van der Waals surface area (Å²) in [4.78, 5) is 0.236. The molecule has 4 nitrogen and oxygen atoms in total. The van der Waals surface area contributed by atoms with Gasteiger partial charge in [-0.15, -0.1) is 0 Å². The number of hydrogen-bond acceptors (Lipinski definition) is 4. The average molecular weight is 301 g/mol. The van der Waals surface area contributed by atoms with Gasteiger partial charge in [-0.3, -0.25) is 0 Å². The molecule has 0 aliphatic carbocycles. The summed E-state index contributed by atoms with van der Waals surface area (Å²) in [5.74, 6) is -0.334. The van der Waals surface area contributed by atoms with E-state index in [1.54, 1.807) is 13.2 Å². The predicted octanol–water partition coefficient (Wildman–Crippen LogP) is 2.03. The molecule has 1 rings (SSSR count). The van der Waals surface area contributed by atoms with E-state index in [0.29, 0.717) is 37.6 Å². The van der Waals surface area contributed by atoms with E-state index in [0.717, 1.165) is 6.42 Å². The van der Waals surface area contributed by atoms with E-state index in [4.69, 9.17) is 32.2 Å². The highest BCUT2D eigenvalue weighted by Crippen LogP contribution is 2.12. The summed E-state index contributed by atoms with van der Waals surface area (Å²) < 4.78 is 28.9. The number of nitrogens with two attached hydrogens (primary N) is 1. The molecule has 6 heteroatoms. The van der Waals surface area contributed by atoms with Crippen LogP contribution >= 0.6 is 12.2 Å². The Morgan fingerprint density at radius 1 is 1.20 bits per heavy atom. The maximum absolute atomic E-state index is 13.2. The van der Waals surface area contributed by atoms with Crippen molar-refractivity contribution in [1.29, 1.82) is 0 Å². The molecule has 0 unspecified atom stereocenters.